The Morgan fingerprint density at radius 1 is 1.07 bits per heavy atom. The Labute approximate surface area is 96.1 Å². The Bertz CT molecular complexity index is 715. The molecule has 0 aliphatic carbocycles. The van der Waals surface area contributed by atoms with Gasteiger partial charge in [0.05, 0.1) is 11.2 Å². The first-order valence-corrected chi connectivity index (χ1v) is 5.45. The van der Waals surface area contributed by atoms with Crippen molar-refractivity contribution in [3.63, 3.8) is 0 Å². The monoisotopic (exact) mass is 217 g/mol. The summed E-state index contributed by atoms with van der Waals surface area (Å²) < 4.78 is 28.6. The largest absolute Gasteiger partial charge is 0.497 e. The standard InChI is InChI=1S/C13H10OS/c1-14-9-6-7-13-11(8-9)10-4-2-3-5-12(10)15-13/h2-8H,1H3/i1D3. The minimum atomic E-state index is -2.40. The van der Waals surface area contributed by atoms with Gasteiger partial charge in [-0.2, -0.15) is 0 Å². The summed E-state index contributed by atoms with van der Waals surface area (Å²) >= 11 is 1.69. The van der Waals surface area contributed by atoms with Crippen molar-refractivity contribution in [1.82, 2.24) is 0 Å². The van der Waals surface area contributed by atoms with Crippen LogP contribution in [0.5, 0.6) is 5.75 Å². The molecule has 0 radical (unpaired) electrons. The van der Waals surface area contributed by atoms with E-state index in [0.29, 0.717) is 5.75 Å². The second-order valence-corrected chi connectivity index (χ2v) is 4.44. The molecule has 1 nitrogen and oxygen atoms in total. The number of methoxy groups -OCH3 is 1. The fraction of sp³-hybridized carbons (Fsp3) is 0.0769. The molecule has 0 atom stereocenters. The molecule has 3 rings (SSSR count). The first-order valence-electron chi connectivity index (χ1n) is 6.13. The van der Waals surface area contributed by atoms with Gasteiger partial charge in [-0.1, -0.05) is 18.2 Å². The van der Waals surface area contributed by atoms with Gasteiger partial charge >= 0.3 is 0 Å². The van der Waals surface area contributed by atoms with Crippen LogP contribution in [0.3, 0.4) is 0 Å². The fourth-order valence-electron chi connectivity index (χ4n) is 1.77. The van der Waals surface area contributed by atoms with Crippen molar-refractivity contribution in [2.24, 2.45) is 0 Å². The molecule has 0 aliphatic rings. The van der Waals surface area contributed by atoms with Crippen LogP contribution in [0, 0.1) is 0 Å². The topological polar surface area (TPSA) is 9.23 Å². The molecule has 0 fully saturated rings. The van der Waals surface area contributed by atoms with Crippen molar-refractivity contribution in [2.45, 2.75) is 0 Å². The molecular weight excluding hydrogens is 204 g/mol. The molecule has 0 saturated heterocycles. The van der Waals surface area contributed by atoms with Gasteiger partial charge in [0.2, 0.25) is 0 Å². The van der Waals surface area contributed by atoms with Gasteiger partial charge in [0.15, 0.2) is 0 Å². The van der Waals surface area contributed by atoms with Crippen LogP contribution < -0.4 is 4.74 Å². The normalized spacial score (nSPS) is 14.8. The molecule has 2 aromatic carbocycles. The quantitative estimate of drug-likeness (QED) is 0.597. The molecule has 3 aromatic rings. The van der Waals surface area contributed by atoms with E-state index in [4.69, 9.17) is 8.85 Å². The Kier molecular flexibility index (Phi) is 1.33. The average Bonchev–Trinajstić information content (AvgIpc) is 2.65. The molecule has 0 bridgehead atoms. The molecule has 0 saturated carbocycles. The van der Waals surface area contributed by atoms with E-state index in [1.165, 1.54) is 4.70 Å². The first-order chi connectivity index (χ1) is 8.53. The zero-order chi connectivity index (χ0) is 12.8. The second kappa shape index (κ2) is 3.24. The fourth-order valence-corrected chi connectivity index (χ4v) is 2.86. The van der Waals surface area contributed by atoms with E-state index >= 15 is 0 Å². The lowest BCUT2D eigenvalue weighted by Crippen LogP contribution is -1.80. The minimum Gasteiger partial charge on any atom is -0.497 e. The highest BCUT2D eigenvalue weighted by atomic mass is 32.1. The van der Waals surface area contributed by atoms with Crippen LogP contribution in [0.2, 0.25) is 0 Å². The Hall–Kier alpha value is -1.54. The molecule has 0 aliphatic heterocycles. The van der Waals surface area contributed by atoms with Crippen molar-refractivity contribution in [3.8, 4) is 5.75 Å². The molecule has 1 heterocycles. The number of fused-ring (bicyclic) bond motifs is 3. The number of benzene rings is 2. The molecule has 15 heavy (non-hydrogen) atoms. The van der Waals surface area contributed by atoms with Gasteiger partial charge in [-0.25, -0.2) is 0 Å². The molecular formula is C13H10OS. The van der Waals surface area contributed by atoms with E-state index in [1.807, 2.05) is 24.3 Å². The highest BCUT2D eigenvalue weighted by Gasteiger charge is 2.04. The third-order valence-electron chi connectivity index (χ3n) is 2.47. The maximum atomic E-state index is 7.12. The Morgan fingerprint density at radius 2 is 1.93 bits per heavy atom. The van der Waals surface area contributed by atoms with Gasteiger partial charge in [0, 0.05) is 20.2 Å². The van der Waals surface area contributed by atoms with E-state index in [1.54, 1.807) is 23.5 Å². The third kappa shape index (κ3) is 1.29. The van der Waals surface area contributed by atoms with E-state index in [2.05, 4.69) is 6.07 Å². The number of ether oxygens (including phenoxy) is 1. The minimum absolute atomic E-state index is 0.381. The predicted octanol–water partition coefficient (Wildman–Crippen LogP) is 4.06. The van der Waals surface area contributed by atoms with Gasteiger partial charge in [0.25, 0.3) is 0 Å². The van der Waals surface area contributed by atoms with E-state index < -0.39 is 7.04 Å². The molecule has 1 aromatic heterocycles. The second-order valence-electron chi connectivity index (χ2n) is 3.36. The highest BCUT2D eigenvalue weighted by Crippen LogP contribution is 2.35. The van der Waals surface area contributed by atoms with Crippen molar-refractivity contribution in [1.29, 1.82) is 0 Å². The maximum Gasteiger partial charge on any atom is 0.119 e. The van der Waals surface area contributed by atoms with Crippen molar-refractivity contribution >= 4 is 31.5 Å². The van der Waals surface area contributed by atoms with Crippen LogP contribution in [0.4, 0.5) is 0 Å². The van der Waals surface area contributed by atoms with Crippen LogP contribution in [-0.4, -0.2) is 7.04 Å². The summed E-state index contributed by atoms with van der Waals surface area (Å²) in [5.41, 5.74) is 0. The molecule has 0 spiro atoms. The lowest BCUT2D eigenvalue weighted by molar-refractivity contribution is 0.415. The van der Waals surface area contributed by atoms with E-state index in [-0.39, 0.29) is 0 Å². The number of hydrogen-bond acceptors (Lipinski definition) is 2. The van der Waals surface area contributed by atoms with Crippen molar-refractivity contribution < 1.29 is 8.85 Å². The van der Waals surface area contributed by atoms with E-state index in [9.17, 15) is 0 Å². The third-order valence-corrected chi connectivity index (χ3v) is 3.62. The van der Waals surface area contributed by atoms with Crippen molar-refractivity contribution in [3.05, 3.63) is 42.5 Å². The summed E-state index contributed by atoms with van der Waals surface area (Å²) in [4.78, 5) is 0. The summed E-state index contributed by atoms with van der Waals surface area (Å²) in [5, 5.41) is 2.17. The van der Waals surface area contributed by atoms with Crippen LogP contribution >= 0.6 is 11.3 Å². The Morgan fingerprint density at radius 3 is 2.87 bits per heavy atom. The number of rotatable bonds is 1. The molecule has 0 N–H and O–H groups in total. The van der Waals surface area contributed by atoms with Crippen LogP contribution in [-0.2, 0) is 0 Å². The van der Waals surface area contributed by atoms with Gasteiger partial charge in [-0.3, -0.25) is 0 Å². The first kappa shape index (κ1) is 6.13. The summed E-state index contributed by atoms with van der Waals surface area (Å²) in [7, 11) is -2.40. The maximum absolute atomic E-state index is 7.12. The average molecular weight is 217 g/mol. The molecule has 0 unspecified atom stereocenters. The lowest BCUT2D eigenvalue weighted by Gasteiger charge is -1.98. The zero-order valence-corrected chi connectivity index (χ0v) is 8.67. The zero-order valence-electron chi connectivity index (χ0n) is 10.9. The summed E-state index contributed by atoms with van der Waals surface area (Å²) in [6.07, 6.45) is 0. The number of hydrogen-bond donors (Lipinski definition) is 0. The number of thiophene rings is 1. The SMILES string of the molecule is [2H]C([2H])([2H])Oc1ccc2sc3ccccc3c2c1. The highest BCUT2D eigenvalue weighted by molar-refractivity contribution is 7.25. The Balaban J connectivity index is 2.18. The van der Waals surface area contributed by atoms with Gasteiger partial charge in [0.1, 0.15) is 5.75 Å². The van der Waals surface area contributed by atoms with Gasteiger partial charge in [-0.05, 0) is 24.3 Å². The lowest BCUT2D eigenvalue weighted by atomic mass is 10.1. The smallest absolute Gasteiger partial charge is 0.119 e. The predicted molar refractivity (Wildman–Crippen MR) is 65.9 cm³/mol. The van der Waals surface area contributed by atoms with Gasteiger partial charge < -0.3 is 4.74 Å². The summed E-state index contributed by atoms with van der Waals surface area (Å²) in [6, 6.07) is 13.5. The van der Waals surface area contributed by atoms with Crippen LogP contribution in [0.15, 0.2) is 42.5 Å². The molecule has 74 valence electrons. The summed E-state index contributed by atoms with van der Waals surface area (Å²) in [6.45, 7) is 0. The van der Waals surface area contributed by atoms with Crippen LogP contribution in [0.1, 0.15) is 4.11 Å². The van der Waals surface area contributed by atoms with Crippen molar-refractivity contribution in [2.75, 3.05) is 7.04 Å². The van der Waals surface area contributed by atoms with Crippen LogP contribution in [0.25, 0.3) is 20.2 Å². The summed E-state index contributed by atoms with van der Waals surface area (Å²) in [5.74, 6) is 0.381. The molecule has 0 amide bonds. The molecule has 2 heteroatoms. The van der Waals surface area contributed by atoms with E-state index in [0.717, 1.165) is 15.5 Å². The van der Waals surface area contributed by atoms with Gasteiger partial charge in [-0.15, -0.1) is 11.3 Å².